The van der Waals surface area contributed by atoms with Crippen LogP contribution in [0.25, 0.3) is 22.9 Å². The van der Waals surface area contributed by atoms with Crippen LogP contribution in [-0.2, 0) is 12.0 Å². The summed E-state index contributed by atoms with van der Waals surface area (Å²) in [6.07, 6.45) is 3.55. The summed E-state index contributed by atoms with van der Waals surface area (Å²) in [6, 6.07) is 24.7. The highest BCUT2D eigenvalue weighted by Crippen LogP contribution is 2.30. The fourth-order valence-electron chi connectivity index (χ4n) is 4.14. The summed E-state index contributed by atoms with van der Waals surface area (Å²) >= 11 is 0. The van der Waals surface area contributed by atoms with Crippen LogP contribution in [0.1, 0.15) is 47.3 Å². The molecule has 0 saturated heterocycles. The molecule has 0 spiro atoms. The summed E-state index contributed by atoms with van der Waals surface area (Å²) in [7, 11) is 0. The van der Waals surface area contributed by atoms with Gasteiger partial charge in [-0.2, -0.15) is 0 Å². The van der Waals surface area contributed by atoms with Crippen molar-refractivity contribution in [2.75, 3.05) is 0 Å². The first-order valence-electron chi connectivity index (χ1n) is 12.0. The zero-order chi connectivity index (χ0) is 25.8. The van der Waals surface area contributed by atoms with Crippen LogP contribution in [-0.4, -0.2) is 21.1 Å². The van der Waals surface area contributed by atoms with E-state index in [4.69, 9.17) is 14.6 Å². The number of amides is 1. The van der Waals surface area contributed by atoms with Crippen molar-refractivity contribution in [3.63, 3.8) is 0 Å². The second-order valence-electron chi connectivity index (χ2n) is 9.23. The number of benzene rings is 3. The highest BCUT2D eigenvalue weighted by Gasteiger charge is 2.29. The first-order valence-corrected chi connectivity index (χ1v) is 12.0. The second-order valence-corrected chi connectivity index (χ2v) is 9.23. The van der Waals surface area contributed by atoms with Crippen molar-refractivity contribution < 1.29 is 13.6 Å². The minimum absolute atomic E-state index is 0.187. The van der Waals surface area contributed by atoms with Crippen LogP contribution in [0.3, 0.4) is 0 Å². The molecule has 37 heavy (non-hydrogen) atoms. The molecule has 3 aromatic carbocycles. The Morgan fingerprint density at radius 2 is 1.65 bits per heavy atom. The van der Waals surface area contributed by atoms with Gasteiger partial charge in [0.25, 0.3) is 5.91 Å². The average Bonchev–Trinajstić information content (AvgIpc) is 3.63. The molecule has 186 valence electrons. The van der Waals surface area contributed by atoms with Gasteiger partial charge in [-0.3, -0.25) is 4.79 Å². The highest BCUT2D eigenvalue weighted by atomic mass is 16.4. The van der Waals surface area contributed by atoms with E-state index in [2.05, 4.69) is 20.5 Å². The number of oxazole rings is 1. The molecule has 0 radical (unpaired) electrons. The summed E-state index contributed by atoms with van der Waals surface area (Å²) in [6.45, 7) is 3.79. The number of carbonyl (C=O) groups excluding carboxylic acids is 1. The Morgan fingerprint density at radius 3 is 2.32 bits per heavy atom. The van der Waals surface area contributed by atoms with E-state index in [0.29, 0.717) is 34.9 Å². The number of aromatic nitrogens is 3. The maximum absolute atomic E-state index is 13.3. The average molecular weight is 494 g/mol. The minimum atomic E-state index is -0.877. The molecular formula is C29H27N5O3. The Morgan fingerprint density at radius 1 is 0.973 bits per heavy atom. The molecule has 0 fully saturated rings. The molecule has 3 N–H and O–H groups in total. The molecule has 0 aliphatic rings. The lowest BCUT2D eigenvalue weighted by atomic mass is 9.94. The summed E-state index contributed by atoms with van der Waals surface area (Å²) in [5, 5.41) is 11.5. The molecule has 0 aliphatic carbocycles. The van der Waals surface area contributed by atoms with Crippen molar-refractivity contribution in [2.45, 2.75) is 31.8 Å². The van der Waals surface area contributed by atoms with Crippen molar-refractivity contribution >= 4 is 5.91 Å². The largest absolute Gasteiger partial charge is 0.445 e. The molecule has 5 rings (SSSR count). The number of carbonyl (C=O) groups is 1. The predicted octanol–water partition coefficient (Wildman–Crippen LogP) is 5.30. The lowest BCUT2D eigenvalue weighted by Crippen LogP contribution is -2.35. The van der Waals surface area contributed by atoms with Crippen molar-refractivity contribution in [1.82, 2.24) is 20.5 Å². The van der Waals surface area contributed by atoms with Gasteiger partial charge in [0.2, 0.25) is 17.7 Å². The van der Waals surface area contributed by atoms with Crippen molar-refractivity contribution in [3.8, 4) is 22.9 Å². The first-order chi connectivity index (χ1) is 17.9. The Balaban J connectivity index is 1.46. The summed E-state index contributed by atoms with van der Waals surface area (Å²) in [5.74, 6) is 0.674. The third-order valence-corrected chi connectivity index (χ3v) is 6.10. The maximum atomic E-state index is 13.3. The zero-order valence-electron chi connectivity index (χ0n) is 20.6. The molecule has 8 heteroatoms. The maximum Gasteiger partial charge on any atom is 0.251 e. The number of nitrogens with two attached hydrogens (primary N) is 1. The highest BCUT2D eigenvalue weighted by molar-refractivity contribution is 5.96. The minimum Gasteiger partial charge on any atom is -0.445 e. The lowest BCUT2D eigenvalue weighted by molar-refractivity contribution is 0.0940. The smallest absolute Gasteiger partial charge is 0.251 e. The van der Waals surface area contributed by atoms with Gasteiger partial charge in [0.1, 0.15) is 6.26 Å². The van der Waals surface area contributed by atoms with E-state index in [1.165, 1.54) is 6.26 Å². The van der Waals surface area contributed by atoms with E-state index in [9.17, 15) is 4.79 Å². The van der Waals surface area contributed by atoms with E-state index in [1.54, 1.807) is 24.4 Å². The van der Waals surface area contributed by atoms with Crippen molar-refractivity contribution in [2.24, 2.45) is 5.73 Å². The first kappa shape index (κ1) is 24.1. The predicted molar refractivity (Wildman–Crippen MR) is 139 cm³/mol. The number of nitrogens with one attached hydrogen (secondary N) is 1. The number of hydrogen-bond acceptors (Lipinski definition) is 7. The van der Waals surface area contributed by atoms with Gasteiger partial charge in [-0.15, -0.1) is 10.2 Å². The fraction of sp³-hybridized carbons (Fsp3) is 0.172. The molecule has 8 nitrogen and oxygen atoms in total. The third-order valence-electron chi connectivity index (χ3n) is 6.10. The standard InChI is InChI=1S/C29H27N5O3/c1-19(21-11-7-4-8-12-21)32-25(35)22-15-23(26-31-13-14-36-26)17-24(16-22)27-33-34-28(37-27)29(2,30)18-20-9-5-3-6-10-20/h3-17,19H,18,30H2,1-2H3,(H,32,35)/t19-,29-/m1/s1. The number of rotatable bonds is 8. The molecule has 2 atom stereocenters. The normalized spacial score (nSPS) is 13.6. The van der Waals surface area contributed by atoms with E-state index in [0.717, 1.165) is 11.1 Å². The monoisotopic (exact) mass is 493 g/mol. The quantitative estimate of drug-likeness (QED) is 0.301. The van der Waals surface area contributed by atoms with Crippen LogP contribution in [0.5, 0.6) is 0 Å². The molecule has 0 bridgehead atoms. The van der Waals surface area contributed by atoms with Crippen LogP contribution in [0.2, 0.25) is 0 Å². The van der Waals surface area contributed by atoms with E-state index < -0.39 is 5.54 Å². The molecule has 0 saturated carbocycles. The lowest BCUT2D eigenvalue weighted by Gasteiger charge is -2.20. The van der Waals surface area contributed by atoms with Crippen LogP contribution in [0, 0.1) is 0 Å². The molecule has 5 aromatic rings. The van der Waals surface area contributed by atoms with Gasteiger partial charge in [-0.05, 0) is 49.6 Å². The Hall–Kier alpha value is -4.56. The van der Waals surface area contributed by atoms with Crippen LogP contribution in [0.15, 0.2) is 100 Å². The second kappa shape index (κ2) is 10.2. The van der Waals surface area contributed by atoms with Crippen LogP contribution in [0.4, 0.5) is 0 Å². The van der Waals surface area contributed by atoms with Crippen molar-refractivity contribution in [1.29, 1.82) is 0 Å². The molecule has 2 heterocycles. The van der Waals surface area contributed by atoms with Crippen molar-refractivity contribution in [3.05, 3.63) is 114 Å². The Bertz CT molecular complexity index is 1480. The van der Waals surface area contributed by atoms with Gasteiger partial charge in [0.15, 0.2) is 0 Å². The van der Waals surface area contributed by atoms with E-state index in [1.807, 2.05) is 74.5 Å². The molecule has 0 aliphatic heterocycles. The van der Waals surface area contributed by atoms with Crippen LogP contribution >= 0.6 is 0 Å². The Kier molecular flexibility index (Phi) is 6.66. The number of nitrogens with zero attached hydrogens (tertiary/aromatic N) is 3. The van der Waals surface area contributed by atoms with Gasteiger partial charge in [0.05, 0.1) is 17.8 Å². The summed E-state index contributed by atoms with van der Waals surface area (Å²) in [4.78, 5) is 17.5. The van der Waals surface area contributed by atoms with Gasteiger partial charge >= 0.3 is 0 Å². The van der Waals surface area contributed by atoms with Gasteiger partial charge in [0, 0.05) is 16.7 Å². The zero-order valence-corrected chi connectivity index (χ0v) is 20.6. The third kappa shape index (κ3) is 5.49. The number of hydrogen-bond donors (Lipinski definition) is 2. The SMILES string of the molecule is C[C@@H](NC(=O)c1cc(-c2ncco2)cc(-c2nnc([C@](C)(N)Cc3ccccc3)o2)c1)c1ccccc1. The fourth-order valence-corrected chi connectivity index (χ4v) is 4.14. The molecule has 1 amide bonds. The Labute approximate surface area is 214 Å². The van der Waals surface area contributed by atoms with Crippen LogP contribution < -0.4 is 11.1 Å². The summed E-state index contributed by atoms with van der Waals surface area (Å²) in [5.41, 5.74) is 9.34. The van der Waals surface area contributed by atoms with Gasteiger partial charge < -0.3 is 19.9 Å². The summed E-state index contributed by atoms with van der Waals surface area (Å²) < 4.78 is 11.5. The molecular weight excluding hydrogens is 466 g/mol. The van der Waals surface area contributed by atoms with E-state index >= 15 is 0 Å². The van der Waals surface area contributed by atoms with Gasteiger partial charge in [-0.1, -0.05) is 60.7 Å². The van der Waals surface area contributed by atoms with E-state index in [-0.39, 0.29) is 17.8 Å². The molecule has 2 aromatic heterocycles. The molecule has 0 unspecified atom stereocenters. The van der Waals surface area contributed by atoms with Gasteiger partial charge in [-0.25, -0.2) is 4.98 Å². The topological polar surface area (TPSA) is 120 Å².